The second-order valence-electron chi connectivity index (χ2n) is 2.76. The van der Waals surface area contributed by atoms with Crippen molar-refractivity contribution in [1.29, 1.82) is 0 Å². The predicted molar refractivity (Wildman–Crippen MR) is 47.1 cm³/mol. The van der Waals surface area contributed by atoms with Crippen molar-refractivity contribution >= 4 is 5.97 Å². The second kappa shape index (κ2) is 4.38. The lowest BCUT2D eigenvalue weighted by Gasteiger charge is -2.11. The van der Waals surface area contributed by atoms with E-state index in [0.717, 1.165) is 20.4 Å². The first-order valence-corrected chi connectivity index (χ1v) is 4.09. The molecule has 1 aromatic rings. The molecule has 0 aromatic carbocycles. The molecule has 0 radical (unpaired) electrons. The first kappa shape index (κ1) is 12.3. The van der Waals surface area contributed by atoms with E-state index in [2.05, 4.69) is 14.5 Å². The Balaban J connectivity index is 3.27. The number of nitrogens with zero attached hydrogens (tertiary/aromatic N) is 1. The van der Waals surface area contributed by atoms with Crippen LogP contribution in [0.5, 0.6) is 5.75 Å². The van der Waals surface area contributed by atoms with Gasteiger partial charge in [0.1, 0.15) is 17.0 Å². The number of ether oxygens (including phenoxy) is 2. The highest BCUT2D eigenvalue weighted by molar-refractivity contribution is 5.87. The van der Waals surface area contributed by atoms with E-state index in [1.165, 1.54) is 0 Å². The molecule has 0 saturated carbocycles. The molecule has 1 heterocycles. The molecule has 0 aliphatic carbocycles. The predicted octanol–water partition coefficient (Wildman–Crippen LogP) is 1.90. The van der Waals surface area contributed by atoms with Crippen LogP contribution < -0.4 is 4.74 Å². The summed E-state index contributed by atoms with van der Waals surface area (Å²) in [5, 5.41) is 0. The van der Waals surface area contributed by atoms with E-state index in [1.807, 2.05) is 0 Å². The van der Waals surface area contributed by atoms with Gasteiger partial charge in [0.05, 0.1) is 20.4 Å². The van der Waals surface area contributed by atoms with Crippen molar-refractivity contribution in [3.63, 3.8) is 0 Å². The maximum absolute atomic E-state index is 12.5. The van der Waals surface area contributed by atoms with Crippen molar-refractivity contribution in [1.82, 2.24) is 4.98 Å². The number of pyridine rings is 1. The molecule has 16 heavy (non-hydrogen) atoms. The molecule has 0 amide bonds. The topological polar surface area (TPSA) is 48.4 Å². The molecule has 0 aliphatic heterocycles. The highest BCUT2D eigenvalue weighted by atomic mass is 19.4. The molecular formula is C9H8F3NO3. The zero-order valence-electron chi connectivity index (χ0n) is 8.46. The number of rotatable bonds is 2. The Morgan fingerprint density at radius 2 is 2.00 bits per heavy atom. The second-order valence-corrected chi connectivity index (χ2v) is 2.76. The van der Waals surface area contributed by atoms with E-state index in [4.69, 9.17) is 0 Å². The third-order valence-electron chi connectivity index (χ3n) is 1.79. The Bertz CT molecular complexity index is 403. The number of aromatic nitrogens is 1. The van der Waals surface area contributed by atoms with Crippen LogP contribution in [0, 0.1) is 0 Å². The molecule has 0 bridgehead atoms. The first-order valence-electron chi connectivity index (χ1n) is 4.09. The number of methoxy groups -OCH3 is 2. The number of hydrogen-bond donors (Lipinski definition) is 0. The van der Waals surface area contributed by atoms with Crippen molar-refractivity contribution in [3.8, 4) is 5.75 Å². The van der Waals surface area contributed by atoms with Gasteiger partial charge in [-0.2, -0.15) is 13.2 Å². The maximum Gasteiger partial charge on any atom is 0.420 e. The van der Waals surface area contributed by atoms with Crippen LogP contribution in [0.4, 0.5) is 13.2 Å². The van der Waals surface area contributed by atoms with Gasteiger partial charge in [-0.3, -0.25) is 0 Å². The van der Waals surface area contributed by atoms with Gasteiger partial charge in [-0.1, -0.05) is 0 Å². The number of esters is 1. The Morgan fingerprint density at radius 3 is 2.44 bits per heavy atom. The molecule has 0 unspecified atom stereocenters. The Morgan fingerprint density at radius 1 is 1.38 bits per heavy atom. The van der Waals surface area contributed by atoms with Crippen molar-refractivity contribution in [3.05, 3.63) is 23.5 Å². The van der Waals surface area contributed by atoms with E-state index in [1.54, 1.807) is 0 Å². The third kappa shape index (κ3) is 2.41. The van der Waals surface area contributed by atoms with Gasteiger partial charge in [-0.05, 0) is 6.07 Å². The standard InChI is InChI=1S/C9H8F3NO3/c1-15-7-4-13-6(8(14)16-2)3-5(7)9(10,11)12/h3-4H,1-2H3. The van der Waals surface area contributed by atoms with Gasteiger partial charge in [0.2, 0.25) is 0 Å². The molecule has 0 fully saturated rings. The van der Waals surface area contributed by atoms with E-state index < -0.39 is 29.2 Å². The van der Waals surface area contributed by atoms with Gasteiger partial charge in [0.25, 0.3) is 0 Å². The normalized spacial score (nSPS) is 11.1. The Kier molecular flexibility index (Phi) is 3.36. The van der Waals surface area contributed by atoms with Crippen LogP contribution in [-0.2, 0) is 10.9 Å². The summed E-state index contributed by atoms with van der Waals surface area (Å²) >= 11 is 0. The van der Waals surface area contributed by atoms with Crippen molar-refractivity contribution in [2.75, 3.05) is 14.2 Å². The van der Waals surface area contributed by atoms with E-state index >= 15 is 0 Å². The SMILES string of the molecule is COC(=O)c1cc(C(F)(F)F)c(OC)cn1. The first-order chi connectivity index (χ1) is 7.40. The summed E-state index contributed by atoms with van der Waals surface area (Å²) in [5.41, 5.74) is -1.49. The van der Waals surface area contributed by atoms with E-state index in [-0.39, 0.29) is 0 Å². The fraction of sp³-hybridized carbons (Fsp3) is 0.333. The number of halogens is 3. The molecule has 0 saturated heterocycles. The maximum atomic E-state index is 12.5. The molecule has 0 atom stereocenters. The fourth-order valence-electron chi connectivity index (χ4n) is 1.04. The van der Waals surface area contributed by atoms with Crippen LogP contribution in [0.2, 0.25) is 0 Å². The lowest BCUT2D eigenvalue weighted by atomic mass is 10.2. The molecular weight excluding hydrogens is 227 g/mol. The number of carbonyl (C=O) groups is 1. The summed E-state index contributed by atoms with van der Waals surface area (Å²) < 4.78 is 46.3. The molecule has 7 heteroatoms. The smallest absolute Gasteiger partial charge is 0.420 e. The third-order valence-corrected chi connectivity index (χ3v) is 1.79. The summed E-state index contributed by atoms with van der Waals surface area (Å²) in [6, 6.07) is 0.588. The minimum absolute atomic E-state index is 0.421. The highest BCUT2D eigenvalue weighted by Gasteiger charge is 2.35. The number of hydrogen-bond acceptors (Lipinski definition) is 4. The van der Waals surface area contributed by atoms with Gasteiger partial charge in [-0.25, -0.2) is 9.78 Å². The quantitative estimate of drug-likeness (QED) is 0.734. The zero-order valence-corrected chi connectivity index (χ0v) is 8.46. The molecule has 0 N–H and O–H groups in total. The minimum Gasteiger partial charge on any atom is -0.495 e. The van der Waals surface area contributed by atoms with Crippen LogP contribution in [0.1, 0.15) is 16.1 Å². The summed E-state index contributed by atoms with van der Waals surface area (Å²) in [6.45, 7) is 0. The van der Waals surface area contributed by atoms with Gasteiger partial charge in [0.15, 0.2) is 0 Å². The summed E-state index contributed by atoms with van der Waals surface area (Å²) in [7, 11) is 2.14. The van der Waals surface area contributed by atoms with Crippen molar-refractivity contribution in [2.24, 2.45) is 0 Å². The summed E-state index contributed by atoms with van der Waals surface area (Å²) in [6.07, 6.45) is -3.79. The lowest BCUT2D eigenvalue weighted by Crippen LogP contribution is -2.12. The van der Waals surface area contributed by atoms with E-state index in [9.17, 15) is 18.0 Å². The molecule has 88 valence electrons. The monoisotopic (exact) mass is 235 g/mol. The van der Waals surface area contributed by atoms with E-state index in [0.29, 0.717) is 6.07 Å². The van der Waals surface area contributed by atoms with Crippen molar-refractivity contribution < 1.29 is 27.4 Å². The Labute approximate surface area is 89.0 Å². The number of alkyl halides is 3. The lowest BCUT2D eigenvalue weighted by molar-refractivity contribution is -0.138. The molecule has 1 rings (SSSR count). The average molecular weight is 235 g/mol. The van der Waals surface area contributed by atoms with Gasteiger partial charge < -0.3 is 9.47 Å². The van der Waals surface area contributed by atoms with Crippen LogP contribution in [-0.4, -0.2) is 25.2 Å². The Hall–Kier alpha value is -1.79. The molecule has 0 spiro atoms. The number of carbonyl (C=O) groups excluding carboxylic acids is 1. The zero-order chi connectivity index (χ0) is 12.3. The minimum atomic E-state index is -4.61. The van der Waals surface area contributed by atoms with Gasteiger partial charge >= 0.3 is 12.1 Å². The van der Waals surface area contributed by atoms with Crippen LogP contribution in [0.15, 0.2) is 12.3 Å². The molecule has 4 nitrogen and oxygen atoms in total. The van der Waals surface area contributed by atoms with Crippen LogP contribution in [0.3, 0.4) is 0 Å². The van der Waals surface area contributed by atoms with Gasteiger partial charge in [0, 0.05) is 0 Å². The summed E-state index contributed by atoms with van der Waals surface area (Å²) in [4.78, 5) is 14.5. The van der Waals surface area contributed by atoms with Crippen LogP contribution in [0.25, 0.3) is 0 Å². The van der Waals surface area contributed by atoms with Gasteiger partial charge in [-0.15, -0.1) is 0 Å². The van der Waals surface area contributed by atoms with Crippen molar-refractivity contribution in [2.45, 2.75) is 6.18 Å². The molecule has 0 aliphatic rings. The fourth-order valence-corrected chi connectivity index (χ4v) is 1.04. The summed E-state index contributed by atoms with van der Waals surface area (Å²) in [5.74, 6) is -1.38. The highest BCUT2D eigenvalue weighted by Crippen LogP contribution is 2.35. The molecule has 1 aromatic heterocycles. The van der Waals surface area contributed by atoms with Crippen LogP contribution >= 0.6 is 0 Å². The average Bonchev–Trinajstić information content (AvgIpc) is 2.26. The largest absolute Gasteiger partial charge is 0.495 e.